The molecule has 2 radical (unpaired) electrons. The molecule has 0 saturated heterocycles. The van der Waals surface area contributed by atoms with Gasteiger partial charge >= 0.3 is 23.9 Å². The van der Waals surface area contributed by atoms with Crippen LogP contribution in [0.3, 0.4) is 0 Å². The van der Waals surface area contributed by atoms with Crippen molar-refractivity contribution >= 4 is 35.7 Å². The van der Waals surface area contributed by atoms with Gasteiger partial charge in [-0.05, 0) is 12.8 Å². The van der Waals surface area contributed by atoms with Crippen LogP contribution in [-0.4, -0.2) is 34.4 Å². The normalized spacial score (nSPS) is 15.6. The molecule has 0 spiro atoms. The summed E-state index contributed by atoms with van der Waals surface area (Å²) in [4.78, 5) is 0. The zero-order valence-corrected chi connectivity index (χ0v) is 12.5. The van der Waals surface area contributed by atoms with Crippen molar-refractivity contribution in [3.05, 3.63) is 0 Å². The first-order valence-electron chi connectivity index (χ1n) is 3.86. The molecule has 0 bridgehead atoms. The van der Waals surface area contributed by atoms with Gasteiger partial charge in [0.25, 0.3) is 0 Å². The van der Waals surface area contributed by atoms with Crippen LogP contribution in [0.2, 0.25) is 0 Å². The molecule has 0 rings (SSSR count). The molecule has 0 aromatic carbocycles. The van der Waals surface area contributed by atoms with Gasteiger partial charge in [0.1, 0.15) is 0 Å². The third-order valence-electron chi connectivity index (χ3n) is 1.61. The van der Waals surface area contributed by atoms with Crippen LogP contribution in [0.1, 0.15) is 40.5 Å². The Labute approximate surface area is 86.5 Å². The molecule has 2 unspecified atom stereocenters. The maximum atomic E-state index is 2.30. The first kappa shape index (κ1) is 13.7. The van der Waals surface area contributed by atoms with Gasteiger partial charge in [0.2, 0.25) is 0 Å². The van der Waals surface area contributed by atoms with E-state index in [0.717, 1.165) is 10.5 Å². The van der Waals surface area contributed by atoms with Gasteiger partial charge < -0.3 is 0 Å². The molecule has 0 aliphatic rings. The average Bonchev–Trinajstić information content (AvgIpc) is 1.87. The van der Waals surface area contributed by atoms with E-state index in [1.54, 1.807) is 0 Å². The van der Waals surface area contributed by atoms with E-state index >= 15 is 0 Å². The molecule has 0 N–H and O–H groups in total. The quantitative estimate of drug-likeness (QED) is 0.705. The van der Waals surface area contributed by atoms with Crippen LogP contribution < -0.4 is 0 Å². The van der Waals surface area contributed by atoms with Gasteiger partial charge in [-0.25, -0.2) is 0 Å². The van der Waals surface area contributed by atoms with Gasteiger partial charge in [-0.15, -0.1) is 0 Å². The van der Waals surface area contributed by atoms with Crippen molar-refractivity contribution in [2.45, 2.75) is 51.0 Å². The van der Waals surface area contributed by atoms with E-state index in [1.165, 1.54) is 12.8 Å². The summed E-state index contributed by atoms with van der Waals surface area (Å²) < 4.78 is 0. The van der Waals surface area contributed by atoms with Crippen LogP contribution in [0.25, 0.3) is 0 Å². The number of hydrogen-bond acceptors (Lipinski definition) is 1. The van der Waals surface area contributed by atoms with Crippen LogP contribution in [0.4, 0.5) is 0 Å². The zero-order chi connectivity index (χ0) is 7.28. The summed E-state index contributed by atoms with van der Waals surface area (Å²) in [5, 5.41) is 1.69. The Kier molecular flexibility index (Phi) is 11.3. The Hall–Kier alpha value is 1.15. The molecule has 2 atom stereocenters. The fourth-order valence-electron chi connectivity index (χ4n) is 0.589. The van der Waals surface area contributed by atoms with Gasteiger partial charge in [-0.1, -0.05) is 27.7 Å². The third-order valence-corrected chi connectivity index (χ3v) is 3.21. The van der Waals surface area contributed by atoms with Gasteiger partial charge in [0, 0.05) is 10.5 Å². The van der Waals surface area contributed by atoms with Gasteiger partial charge in [-0.2, -0.15) is 11.8 Å². The molecule has 0 aliphatic heterocycles. The molecule has 62 valence electrons. The van der Waals surface area contributed by atoms with Crippen LogP contribution in [-0.2, 0) is 0 Å². The Bertz CT molecular complexity index is 58.3. The van der Waals surface area contributed by atoms with E-state index < -0.39 is 0 Å². The summed E-state index contributed by atoms with van der Waals surface area (Å²) in [5.41, 5.74) is 0. The van der Waals surface area contributed by atoms with Crippen molar-refractivity contribution in [1.82, 2.24) is 0 Å². The average molecular weight is 267 g/mol. The molecule has 0 fully saturated rings. The van der Waals surface area contributed by atoms with E-state index in [4.69, 9.17) is 0 Å². The first-order chi connectivity index (χ1) is 4.20. The molecule has 2 heteroatoms. The van der Waals surface area contributed by atoms with Crippen molar-refractivity contribution < 1.29 is 0 Å². The Morgan fingerprint density at radius 2 is 1.30 bits per heavy atom. The monoisotopic (exact) mass is 268 g/mol. The minimum absolute atomic E-state index is 0. The molecule has 0 aromatic rings. The Morgan fingerprint density at radius 3 is 1.50 bits per heavy atom. The molecule has 0 aromatic heterocycles. The third kappa shape index (κ3) is 7.26. The van der Waals surface area contributed by atoms with Crippen molar-refractivity contribution in [2.24, 2.45) is 0 Å². The van der Waals surface area contributed by atoms with Crippen LogP contribution in [0.5, 0.6) is 0 Å². The second-order valence-corrected chi connectivity index (χ2v) is 4.46. The second-order valence-electron chi connectivity index (χ2n) is 2.57. The summed E-state index contributed by atoms with van der Waals surface area (Å²) in [6, 6.07) is 0. The molecular weight excluding hydrogens is 247 g/mol. The van der Waals surface area contributed by atoms with Gasteiger partial charge in [0.15, 0.2) is 0 Å². The van der Waals surface area contributed by atoms with E-state index in [-0.39, 0.29) is 23.9 Å². The van der Waals surface area contributed by atoms with Crippen LogP contribution in [0, 0.1) is 0 Å². The van der Waals surface area contributed by atoms with E-state index in [0.29, 0.717) is 0 Å². The minimum atomic E-state index is 0. The fraction of sp³-hybridized carbons (Fsp3) is 1.00. The van der Waals surface area contributed by atoms with E-state index in [9.17, 15) is 0 Å². The summed E-state index contributed by atoms with van der Waals surface area (Å²) in [7, 11) is 0. The van der Waals surface area contributed by atoms with Gasteiger partial charge in [0.05, 0.1) is 0 Å². The topological polar surface area (TPSA) is 0 Å². The Balaban J connectivity index is 0. The number of hydrogen-bond donors (Lipinski definition) is 0. The van der Waals surface area contributed by atoms with Crippen molar-refractivity contribution in [3.8, 4) is 0 Å². The Morgan fingerprint density at radius 1 is 1.00 bits per heavy atom. The van der Waals surface area contributed by atoms with E-state index in [1.807, 2.05) is 0 Å². The summed E-state index contributed by atoms with van der Waals surface area (Å²) >= 11 is 2.10. The van der Waals surface area contributed by atoms with Crippen molar-refractivity contribution in [1.29, 1.82) is 0 Å². The molecule has 0 heterocycles. The number of thioether (sulfide) groups is 1. The number of rotatable bonds is 4. The maximum absolute atomic E-state index is 2.30. The molecule has 0 amide bonds. The van der Waals surface area contributed by atoms with Crippen molar-refractivity contribution in [2.75, 3.05) is 0 Å². The molecule has 0 saturated carbocycles. The fourth-order valence-corrected chi connectivity index (χ4v) is 1.77. The second kappa shape index (κ2) is 8.25. The van der Waals surface area contributed by atoms with Crippen LogP contribution in [0.15, 0.2) is 0 Å². The SMILES string of the molecule is CCC(C)SC(C)CC.[SnH2]. The molecular formula is C8H20SSn. The van der Waals surface area contributed by atoms with E-state index in [2.05, 4.69) is 39.5 Å². The van der Waals surface area contributed by atoms with Gasteiger partial charge in [-0.3, -0.25) is 0 Å². The summed E-state index contributed by atoms with van der Waals surface area (Å²) in [5.74, 6) is 0. The predicted octanol–water partition coefficient (Wildman–Crippen LogP) is 2.40. The zero-order valence-electron chi connectivity index (χ0n) is 7.68. The van der Waals surface area contributed by atoms with Crippen LogP contribution >= 0.6 is 11.8 Å². The molecule has 10 heavy (non-hydrogen) atoms. The van der Waals surface area contributed by atoms with Crippen molar-refractivity contribution in [3.63, 3.8) is 0 Å². The molecule has 0 aliphatic carbocycles. The standard InChI is InChI=1S/C8H18S.Sn.2H/c1-5-7(3)9-8(4)6-2;;;/h7-8H,5-6H2,1-4H3;;;. The molecule has 0 nitrogen and oxygen atoms in total. The first-order valence-corrected chi connectivity index (χ1v) is 4.80. The summed E-state index contributed by atoms with van der Waals surface area (Å²) in [6.45, 7) is 9.10. The summed E-state index contributed by atoms with van der Waals surface area (Å²) in [6.07, 6.45) is 2.60. The predicted molar refractivity (Wildman–Crippen MR) is 55.6 cm³/mol.